The third-order valence-electron chi connectivity index (χ3n) is 4.06. The first-order valence-corrected chi connectivity index (χ1v) is 10.4. The van der Waals surface area contributed by atoms with E-state index < -0.39 is 5.54 Å². The van der Waals surface area contributed by atoms with Gasteiger partial charge in [-0.15, -0.1) is 10.2 Å². The summed E-state index contributed by atoms with van der Waals surface area (Å²) in [6.07, 6.45) is 7.84. The molecule has 0 unspecified atom stereocenters. The Kier molecular flexibility index (Phi) is 5.70. The molecule has 0 atom stereocenters. The summed E-state index contributed by atoms with van der Waals surface area (Å²) in [7, 11) is 0. The van der Waals surface area contributed by atoms with Gasteiger partial charge in [-0.1, -0.05) is 54.0 Å². The minimum atomic E-state index is -0.413. The van der Waals surface area contributed by atoms with Crippen molar-refractivity contribution in [1.29, 1.82) is 0 Å². The molecule has 0 amide bonds. The molecule has 1 saturated carbocycles. The molecule has 1 fully saturated rings. The highest BCUT2D eigenvalue weighted by Crippen LogP contribution is 2.35. The largest absolute Gasteiger partial charge is 0.357 e. The third kappa shape index (κ3) is 4.54. The smallest absolute Gasteiger partial charge is 0.287 e. The van der Waals surface area contributed by atoms with Gasteiger partial charge in [0, 0.05) is 6.04 Å². The number of aromatic nitrogens is 4. The van der Waals surface area contributed by atoms with Crippen LogP contribution < -0.4 is 10.9 Å². The summed E-state index contributed by atoms with van der Waals surface area (Å²) in [5, 5.41) is 17.1. The van der Waals surface area contributed by atoms with Crippen molar-refractivity contribution >= 4 is 39.8 Å². The summed E-state index contributed by atoms with van der Waals surface area (Å²) in [6.45, 7) is 5.75. The first-order valence-electron chi connectivity index (χ1n) is 8.41. The Morgan fingerprint density at radius 3 is 2.68 bits per heavy atom. The van der Waals surface area contributed by atoms with Crippen molar-refractivity contribution in [1.82, 2.24) is 20.0 Å². The average molecular weight is 400 g/mol. The molecule has 3 rings (SSSR count). The highest BCUT2D eigenvalue weighted by Gasteiger charge is 2.21. The van der Waals surface area contributed by atoms with Crippen molar-refractivity contribution < 1.29 is 0 Å². The maximum absolute atomic E-state index is 12.4. The maximum Gasteiger partial charge on any atom is 0.287 e. The predicted octanol–water partition coefficient (Wildman–Crippen LogP) is 4.40. The molecule has 2 aromatic rings. The Bertz CT molecular complexity index is 793. The van der Waals surface area contributed by atoms with Crippen molar-refractivity contribution in [2.24, 2.45) is 0 Å². The average Bonchev–Trinajstić information content (AvgIpc) is 2.99. The summed E-state index contributed by atoms with van der Waals surface area (Å²) in [5.74, 6) is 0. The molecule has 1 N–H and O–H groups in total. The van der Waals surface area contributed by atoms with Crippen LogP contribution in [0.4, 0.5) is 5.13 Å². The molecule has 136 valence electrons. The van der Waals surface area contributed by atoms with Gasteiger partial charge in [0.1, 0.15) is 5.02 Å². The van der Waals surface area contributed by atoms with Crippen LogP contribution in [0.1, 0.15) is 52.9 Å². The highest BCUT2D eigenvalue weighted by atomic mass is 35.5. The lowest BCUT2D eigenvalue weighted by atomic mass is 9.96. The second-order valence-corrected chi connectivity index (χ2v) is 9.81. The molecule has 25 heavy (non-hydrogen) atoms. The van der Waals surface area contributed by atoms with E-state index in [4.69, 9.17) is 11.6 Å². The summed E-state index contributed by atoms with van der Waals surface area (Å²) < 4.78 is 2.14. The standard InChI is InChI=1S/C16H22ClN5OS2/c1-16(2,3)22-13(23)12(17)11(9-18-22)24-15-21-20-14(25-15)19-10-7-5-4-6-8-10/h9-10H,4-8H2,1-3H3,(H,19,20). The molecule has 6 nitrogen and oxygen atoms in total. The molecular formula is C16H22ClN5OS2. The fraction of sp³-hybridized carbons (Fsp3) is 0.625. The Labute approximate surface area is 160 Å². The zero-order valence-corrected chi connectivity index (χ0v) is 17.0. The van der Waals surface area contributed by atoms with E-state index in [1.54, 1.807) is 6.20 Å². The topological polar surface area (TPSA) is 72.7 Å². The van der Waals surface area contributed by atoms with Crippen molar-refractivity contribution in [3.8, 4) is 0 Å². The molecule has 0 radical (unpaired) electrons. The number of hydrogen-bond acceptors (Lipinski definition) is 7. The van der Waals surface area contributed by atoms with Crippen molar-refractivity contribution in [3.05, 3.63) is 21.6 Å². The van der Waals surface area contributed by atoms with Crippen molar-refractivity contribution in [3.63, 3.8) is 0 Å². The summed E-state index contributed by atoms with van der Waals surface area (Å²) in [4.78, 5) is 13.0. The molecule has 0 spiro atoms. The van der Waals surface area contributed by atoms with Crippen molar-refractivity contribution in [2.75, 3.05) is 5.32 Å². The SMILES string of the molecule is CC(C)(C)n1ncc(Sc2nnc(NC3CCCCC3)s2)c(Cl)c1=O. The molecule has 0 bridgehead atoms. The fourth-order valence-electron chi connectivity index (χ4n) is 2.79. The molecule has 0 aliphatic heterocycles. The van der Waals surface area contributed by atoms with E-state index in [0.717, 1.165) is 9.47 Å². The minimum absolute atomic E-state index is 0.173. The third-order valence-corrected chi connectivity index (χ3v) is 6.47. The number of rotatable bonds is 4. The van der Waals surface area contributed by atoms with Crippen LogP contribution >= 0.6 is 34.7 Å². The van der Waals surface area contributed by atoms with Crippen LogP contribution in [-0.2, 0) is 5.54 Å². The van der Waals surface area contributed by atoms with Gasteiger partial charge >= 0.3 is 0 Å². The van der Waals surface area contributed by atoms with Crippen LogP contribution in [0.3, 0.4) is 0 Å². The van der Waals surface area contributed by atoms with E-state index in [-0.39, 0.29) is 10.6 Å². The van der Waals surface area contributed by atoms with Crippen LogP contribution in [0, 0.1) is 0 Å². The Balaban J connectivity index is 1.72. The first kappa shape index (κ1) is 18.7. The Morgan fingerprint density at radius 1 is 1.28 bits per heavy atom. The number of nitrogens with one attached hydrogen (secondary N) is 1. The lowest BCUT2D eigenvalue weighted by Crippen LogP contribution is -2.36. The Hall–Kier alpha value is -1.12. The van der Waals surface area contributed by atoms with E-state index in [9.17, 15) is 4.79 Å². The lowest BCUT2D eigenvalue weighted by Gasteiger charge is -2.21. The number of anilines is 1. The predicted molar refractivity (Wildman–Crippen MR) is 103 cm³/mol. The summed E-state index contributed by atoms with van der Waals surface area (Å²) in [6, 6.07) is 0.487. The Morgan fingerprint density at radius 2 is 2.00 bits per heavy atom. The number of nitrogens with zero attached hydrogens (tertiary/aromatic N) is 4. The number of hydrogen-bond donors (Lipinski definition) is 1. The molecule has 0 aromatic carbocycles. The summed E-state index contributed by atoms with van der Waals surface area (Å²) in [5.41, 5.74) is -0.701. The van der Waals surface area contributed by atoms with E-state index in [1.807, 2.05) is 20.8 Å². The maximum atomic E-state index is 12.4. The molecular weight excluding hydrogens is 378 g/mol. The lowest BCUT2D eigenvalue weighted by molar-refractivity contribution is 0.336. The van der Waals surface area contributed by atoms with E-state index >= 15 is 0 Å². The fourth-order valence-corrected chi connectivity index (χ4v) is 4.81. The zero-order valence-electron chi connectivity index (χ0n) is 14.6. The van der Waals surface area contributed by atoms with Crippen molar-refractivity contribution in [2.45, 2.75) is 73.7 Å². The second-order valence-electron chi connectivity index (χ2n) is 7.17. The van der Waals surface area contributed by atoms with E-state index in [0.29, 0.717) is 10.9 Å². The van der Waals surface area contributed by atoms with Gasteiger partial charge < -0.3 is 5.32 Å². The van der Waals surface area contributed by atoms with Gasteiger partial charge in [-0.05, 0) is 33.6 Å². The van der Waals surface area contributed by atoms with Crippen LogP contribution in [0.25, 0.3) is 0 Å². The quantitative estimate of drug-likeness (QED) is 0.821. The van der Waals surface area contributed by atoms with Crippen LogP contribution in [0.5, 0.6) is 0 Å². The van der Waals surface area contributed by atoms with Gasteiger partial charge in [0.2, 0.25) is 5.13 Å². The van der Waals surface area contributed by atoms with Gasteiger partial charge in [-0.3, -0.25) is 4.79 Å². The van der Waals surface area contributed by atoms with Crippen LogP contribution in [0.2, 0.25) is 5.02 Å². The highest BCUT2D eigenvalue weighted by molar-refractivity contribution is 8.01. The van der Waals surface area contributed by atoms with E-state index in [2.05, 4.69) is 20.6 Å². The van der Waals surface area contributed by atoms with Gasteiger partial charge in [-0.25, -0.2) is 4.68 Å². The first-order chi connectivity index (χ1) is 11.8. The summed E-state index contributed by atoms with van der Waals surface area (Å²) >= 11 is 9.07. The molecule has 0 saturated heterocycles. The van der Waals surface area contributed by atoms with Crippen LogP contribution in [0.15, 0.2) is 20.2 Å². The monoisotopic (exact) mass is 399 g/mol. The normalized spacial score (nSPS) is 16.2. The minimum Gasteiger partial charge on any atom is -0.357 e. The molecule has 1 aliphatic carbocycles. The molecule has 9 heteroatoms. The number of halogens is 1. The van der Waals surface area contributed by atoms with Crippen LogP contribution in [-0.4, -0.2) is 26.0 Å². The molecule has 2 heterocycles. The van der Waals surface area contributed by atoms with Gasteiger partial charge in [0.25, 0.3) is 5.56 Å². The zero-order chi connectivity index (χ0) is 18.0. The van der Waals surface area contributed by atoms with E-state index in [1.165, 1.54) is 59.9 Å². The molecule has 2 aromatic heterocycles. The second kappa shape index (κ2) is 7.63. The van der Waals surface area contributed by atoms with Gasteiger partial charge in [0.15, 0.2) is 4.34 Å². The van der Waals surface area contributed by atoms with Gasteiger partial charge in [0.05, 0.1) is 16.6 Å². The van der Waals surface area contributed by atoms with Gasteiger partial charge in [-0.2, -0.15) is 5.10 Å². The molecule has 1 aliphatic rings.